The van der Waals surface area contributed by atoms with Crippen molar-refractivity contribution in [3.8, 4) is 11.4 Å². The molecule has 0 saturated carbocycles. The summed E-state index contributed by atoms with van der Waals surface area (Å²) in [7, 11) is 0. The predicted molar refractivity (Wildman–Crippen MR) is 72.0 cm³/mol. The quantitative estimate of drug-likeness (QED) is 0.712. The lowest BCUT2D eigenvalue weighted by Crippen LogP contribution is -2.06. The van der Waals surface area contributed by atoms with Gasteiger partial charge < -0.3 is 4.98 Å². The summed E-state index contributed by atoms with van der Waals surface area (Å²) in [5, 5.41) is 0. The molecule has 20 heavy (non-hydrogen) atoms. The van der Waals surface area contributed by atoms with Crippen molar-refractivity contribution in [2.24, 2.45) is 0 Å². The van der Waals surface area contributed by atoms with Gasteiger partial charge in [-0.2, -0.15) is 13.2 Å². The van der Waals surface area contributed by atoms with Gasteiger partial charge in [0, 0.05) is 16.2 Å². The van der Waals surface area contributed by atoms with Crippen molar-refractivity contribution >= 4 is 27.0 Å². The van der Waals surface area contributed by atoms with E-state index in [0.717, 1.165) is 6.07 Å². The smallest absolute Gasteiger partial charge is 0.337 e. The van der Waals surface area contributed by atoms with Crippen molar-refractivity contribution in [2.45, 2.75) is 6.18 Å². The van der Waals surface area contributed by atoms with E-state index in [4.69, 9.17) is 0 Å². The normalized spacial score (nSPS) is 12.0. The van der Waals surface area contributed by atoms with Crippen LogP contribution in [0.4, 0.5) is 13.2 Å². The Hall–Kier alpha value is -1.89. The molecule has 0 aliphatic heterocycles. The van der Waals surface area contributed by atoms with Crippen LogP contribution in [0.3, 0.4) is 0 Å². The molecule has 0 aliphatic rings. The van der Waals surface area contributed by atoms with Crippen molar-refractivity contribution in [1.29, 1.82) is 0 Å². The number of H-pyrrole nitrogens is 1. The van der Waals surface area contributed by atoms with E-state index >= 15 is 0 Å². The van der Waals surface area contributed by atoms with Crippen LogP contribution in [0, 0.1) is 0 Å². The molecule has 2 aromatic heterocycles. The monoisotopic (exact) mass is 341 g/mol. The van der Waals surface area contributed by atoms with Gasteiger partial charge >= 0.3 is 6.18 Å². The second-order valence-corrected chi connectivity index (χ2v) is 5.02. The highest BCUT2D eigenvalue weighted by Gasteiger charge is 2.33. The lowest BCUT2D eigenvalue weighted by Gasteiger charge is -2.10. The molecule has 1 N–H and O–H groups in total. The minimum Gasteiger partial charge on any atom is -0.337 e. The number of hydrogen-bond donors (Lipinski definition) is 1. The molecule has 3 aromatic rings. The third-order valence-corrected chi connectivity index (χ3v) is 3.52. The first-order valence-electron chi connectivity index (χ1n) is 5.62. The fourth-order valence-electron chi connectivity index (χ4n) is 1.88. The number of pyridine rings is 1. The molecule has 0 bridgehead atoms. The van der Waals surface area contributed by atoms with Crippen molar-refractivity contribution in [3.63, 3.8) is 0 Å². The molecule has 2 heterocycles. The molecule has 0 amide bonds. The SMILES string of the molecule is FC(F)(F)c1cc(-c2nc3ccncc3[nH]2)ccc1Br. The van der Waals surface area contributed by atoms with Gasteiger partial charge in [0.25, 0.3) is 0 Å². The highest BCUT2D eigenvalue weighted by atomic mass is 79.9. The zero-order chi connectivity index (χ0) is 14.3. The molecule has 0 atom stereocenters. The summed E-state index contributed by atoms with van der Waals surface area (Å²) < 4.78 is 38.6. The number of nitrogens with one attached hydrogen (secondary N) is 1. The van der Waals surface area contributed by atoms with Gasteiger partial charge in [-0.25, -0.2) is 4.98 Å². The van der Waals surface area contributed by atoms with Crippen LogP contribution in [0.2, 0.25) is 0 Å². The van der Waals surface area contributed by atoms with Crippen molar-refractivity contribution in [1.82, 2.24) is 15.0 Å². The molecule has 0 fully saturated rings. The Labute approximate surface area is 120 Å². The molecular formula is C13H7BrF3N3. The lowest BCUT2D eigenvalue weighted by molar-refractivity contribution is -0.138. The van der Waals surface area contributed by atoms with E-state index in [-0.39, 0.29) is 4.47 Å². The molecule has 0 saturated heterocycles. The van der Waals surface area contributed by atoms with Gasteiger partial charge in [-0.3, -0.25) is 4.98 Å². The summed E-state index contributed by atoms with van der Waals surface area (Å²) in [6.45, 7) is 0. The molecule has 0 radical (unpaired) electrons. The Morgan fingerprint density at radius 3 is 2.65 bits per heavy atom. The number of alkyl halides is 3. The van der Waals surface area contributed by atoms with Crippen LogP contribution in [-0.2, 0) is 6.18 Å². The van der Waals surface area contributed by atoms with Gasteiger partial charge in [0.2, 0.25) is 0 Å². The third kappa shape index (κ3) is 2.29. The van der Waals surface area contributed by atoms with Crippen LogP contribution in [0.1, 0.15) is 5.56 Å². The van der Waals surface area contributed by atoms with Crippen molar-refractivity contribution < 1.29 is 13.2 Å². The third-order valence-electron chi connectivity index (χ3n) is 2.83. The van der Waals surface area contributed by atoms with Gasteiger partial charge in [-0.15, -0.1) is 0 Å². The van der Waals surface area contributed by atoms with Crippen LogP contribution < -0.4 is 0 Å². The van der Waals surface area contributed by atoms with E-state index in [9.17, 15) is 13.2 Å². The first-order chi connectivity index (χ1) is 9.45. The Morgan fingerprint density at radius 2 is 1.95 bits per heavy atom. The largest absolute Gasteiger partial charge is 0.417 e. The number of halogens is 4. The number of aromatic nitrogens is 3. The maximum atomic E-state index is 12.9. The maximum absolute atomic E-state index is 12.9. The number of rotatable bonds is 1. The minimum absolute atomic E-state index is 0.00604. The van der Waals surface area contributed by atoms with Gasteiger partial charge in [0.1, 0.15) is 5.82 Å². The Morgan fingerprint density at radius 1 is 1.15 bits per heavy atom. The predicted octanol–water partition coefficient (Wildman–Crippen LogP) is 4.41. The molecule has 0 unspecified atom stereocenters. The standard InChI is InChI=1S/C13H7BrF3N3/c14-9-2-1-7(5-8(9)13(15,16)17)12-19-10-3-4-18-6-11(10)20-12/h1-6H,(H,19,20). The van der Waals surface area contributed by atoms with Crippen LogP contribution in [0.5, 0.6) is 0 Å². The maximum Gasteiger partial charge on any atom is 0.417 e. The fraction of sp³-hybridized carbons (Fsp3) is 0.0769. The minimum atomic E-state index is -4.41. The van der Waals surface area contributed by atoms with Crippen LogP contribution in [0.15, 0.2) is 41.1 Å². The van der Waals surface area contributed by atoms with Gasteiger partial charge in [0.15, 0.2) is 0 Å². The molecule has 0 spiro atoms. The van der Waals surface area contributed by atoms with E-state index in [1.807, 2.05) is 0 Å². The average molecular weight is 342 g/mol. The summed E-state index contributed by atoms with van der Waals surface area (Å²) in [5.41, 5.74) is 0.982. The number of aromatic amines is 1. The number of nitrogens with zero attached hydrogens (tertiary/aromatic N) is 2. The molecule has 1 aromatic carbocycles. The second-order valence-electron chi connectivity index (χ2n) is 4.17. The van der Waals surface area contributed by atoms with Crippen molar-refractivity contribution in [2.75, 3.05) is 0 Å². The zero-order valence-corrected chi connectivity index (χ0v) is 11.5. The fourth-order valence-corrected chi connectivity index (χ4v) is 2.35. The topological polar surface area (TPSA) is 41.6 Å². The first kappa shape index (κ1) is 13.1. The van der Waals surface area contributed by atoms with Gasteiger partial charge in [-0.1, -0.05) is 22.0 Å². The van der Waals surface area contributed by atoms with Gasteiger partial charge in [-0.05, 0) is 18.2 Å². The van der Waals surface area contributed by atoms with Crippen LogP contribution >= 0.6 is 15.9 Å². The van der Waals surface area contributed by atoms with E-state index < -0.39 is 11.7 Å². The van der Waals surface area contributed by atoms with Crippen molar-refractivity contribution in [3.05, 3.63) is 46.7 Å². The molecule has 3 nitrogen and oxygen atoms in total. The summed E-state index contributed by atoms with van der Waals surface area (Å²) in [6, 6.07) is 5.70. The zero-order valence-electron chi connectivity index (χ0n) is 9.87. The molecule has 0 aliphatic carbocycles. The number of hydrogen-bond acceptors (Lipinski definition) is 2. The van der Waals surface area contributed by atoms with E-state index in [1.54, 1.807) is 24.5 Å². The van der Waals surface area contributed by atoms with Gasteiger partial charge in [0.05, 0.1) is 22.8 Å². The van der Waals surface area contributed by atoms with E-state index in [0.29, 0.717) is 22.4 Å². The molecule has 7 heteroatoms. The second kappa shape index (κ2) is 4.59. The Bertz CT molecular complexity index is 747. The average Bonchev–Trinajstić information content (AvgIpc) is 2.81. The molecule has 3 rings (SSSR count). The highest BCUT2D eigenvalue weighted by molar-refractivity contribution is 9.10. The Balaban J connectivity index is 2.14. The summed E-state index contributed by atoms with van der Waals surface area (Å²) in [4.78, 5) is 11.1. The molecular weight excluding hydrogens is 335 g/mol. The highest BCUT2D eigenvalue weighted by Crippen LogP contribution is 2.37. The van der Waals surface area contributed by atoms with E-state index in [1.165, 1.54) is 6.07 Å². The summed E-state index contributed by atoms with van der Waals surface area (Å²) >= 11 is 2.91. The summed E-state index contributed by atoms with van der Waals surface area (Å²) in [5.74, 6) is 0.381. The van der Waals surface area contributed by atoms with E-state index in [2.05, 4.69) is 30.9 Å². The first-order valence-corrected chi connectivity index (χ1v) is 6.41. The van der Waals surface area contributed by atoms with Crippen LogP contribution in [-0.4, -0.2) is 15.0 Å². The number of fused-ring (bicyclic) bond motifs is 1. The number of imidazole rings is 1. The molecule has 102 valence electrons. The summed E-state index contributed by atoms with van der Waals surface area (Å²) in [6.07, 6.45) is -1.26. The Kier molecular flexibility index (Phi) is 3.01. The number of benzene rings is 1. The van der Waals surface area contributed by atoms with Crippen LogP contribution in [0.25, 0.3) is 22.4 Å². The lowest BCUT2D eigenvalue weighted by atomic mass is 10.1.